The molecule has 0 aliphatic rings. The second-order valence-electron chi connectivity index (χ2n) is 4.55. The first-order valence-electron chi connectivity index (χ1n) is 6.22. The van der Waals surface area contributed by atoms with Gasteiger partial charge in [-0.25, -0.2) is 4.98 Å². The van der Waals surface area contributed by atoms with Gasteiger partial charge in [0.05, 0.1) is 6.54 Å². The highest BCUT2D eigenvalue weighted by atomic mass is 16.1. The Bertz CT molecular complexity index is 578. The molecule has 0 aliphatic carbocycles. The third kappa shape index (κ3) is 2.10. The molecule has 4 nitrogen and oxygen atoms in total. The van der Waals surface area contributed by atoms with Gasteiger partial charge in [0.1, 0.15) is 5.82 Å². The van der Waals surface area contributed by atoms with E-state index in [0.717, 1.165) is 29.3 Å². The molecule has 0 fully saturated rings. The lowest BCUT2D eigenvalue weighted by Crippen LogP contribution is -2.12. The summed E-state index contributed by atoms with van der Waals surface area (Å²) in [4.78, 5) is 16.4. The minimum Gasteiger partial charge on any atom is -0.349 e. The fourth-order valence-electron chi connectivity index (χ4n) is 2.38. The van der Waals surface area contributed by atoms with Gasteiger partial charge >= 0.3 is 0 Å². The number of rotatable bonds is 4. The van der Waals surface area contributed by atoms with Crippen molar-refractivity contribution >= 4 is 5.78 Å². The molecule has 0 aliphatic heterocycles. The Kier molecular flexibility index (Phi) is 3.36. The number of aryl methyl sites for hydroxylation is 2. The number of carbonyl (C=O) groups is 1. The summed E-state index contributed by atoms with van der Waals surface area (Å²) in [5, 5.41) is 0. The third-order valence-electron chi connectivity index (χ3n) is 3.43. The van der Waals surface area contributed by atoms with Crippen LogP contribution < -0.4 is 0 Å². The van der Waals surface area contributed by atoms with E-state index in [1.54, 1.807) is 6.20 Å². The highest BCUT2D eigenvalue weighted by Gasteiger charge is 2.15. The molecular formula is C14H19N3O. The summed E-state index contributed by atoms with van der Waals surface area (Å²) in [6.07, 6.45) is 3.56. The predicted molar refractivity (Wildman–Crippen MR) is 70.9 cm³/mol. The SMILES string of the molecule is CCn1c(C)cc(C(=O)Cn2ccnc2C)c1C. The minimum absolute atomic E-state index is 0.143. The van der Waals surface area contributed by atoms with Crippen LogP contribution >= 0.6 is 0 Å². The summed E-state index contributed by atoms with van der Waals surface area (Å²) in [6, 6.07) is 1.98. The van der Waals surface area contributed by atoms with E-state index in [9.17, 15) is 4.79 Å². The lowest BCUT2D eigenvalue weighted by molar-refractivity contribution is 0.0970. The number of carbonyl (C=O) groups excluding carboxylic acids is 1. The predicted octanol–water partition coefficient (Wildman–Crippen LogP) is 2.51. The van der Waals surface area contributed by atoms with Crippen molar-refractivity contribution in [1.29, 1.82) is 0 Å². The normalized spacial score (nSPS) is 10.9. The number of aromatic nitrogens is 3. The maximum absolute atomic E-state index is 12.3. The van der Waals surface area contributed by atoms with Crippen LogP contribution in [0.25, 0.3) is 0 Å². The number of hydrogen-bond donors (Lipinski definition) is 0. The molecule has 0 unspecified atom stereocenters. The van der Waals surface area contributed by atoms with Gasteiger partial charge in [-0.05, 0) is 33.8 Å². The summed E-state index contributed by atoms with van der Waals surface area (Å²) in [5.41, 5.74) is 3.01. The van der Waals surface area contributed by atoms with E-state index in [4.69, 9.17) is 0 Å². The summed E-state index contributed by atoms with van der Waals surface area (Å²) in [7, 11) is 0. The van der Waals surface area contributed by atoms with Crippen LogP contribution in [0, 0.1) is 20.8 Å². The summed E-state index contributed by atoms with van der Waals surface area (Å²) >= 11 is 0. The monoisotopic (exact) mass is 245 g/mol. The Morgan fingerprint density at radius 3 is 2.56 bits per heavy atom. The maximum atomic E-state index is 12.3. The van der Waals surface area contributed by atoms with E-state index in [2.05, 4.69) is 16.5 Å². The van der Waals surface area contributed by atoms with Crippen molar-refractivity contribution in [3.05, 3.63) is 41.2 Å². The lowest BCUT2D eigenvalue weighted by Gasteiger charge is -2.06. The van der Waals surface area contributed by atoms with Crippen molar-refractivity contribution < 1.29 is 4.79 Å². The van der Waals surface area contributed by atoms with Gasteiger partial charge in [-0.15, -0.1) is 0 Å². The Morgan fingerprint density at radius 1 is 1.33 bits per heavy atom. The first-order valence-corrected chi connectivity index (χ1v) is 6.22. The molecule has 0 bridgehead atoms. The zero-order valence-corrected chi connectivity index (χ0v) is 11.4. The van der Waals surface area contributed by atoms with Crippen LogP contribution in [0.4, 0.5) is 0 Å². The summed E-state index contributed by atoms with van der Waals surface area (Å²) < 4.78 is 4.04. The van der Waals surface area contributed by atoms with Crippen molar-refractivity contribution in [2.75, 3.05) is 0 Å². The highest BCUT2D eigenvalue weighted by Crippen LogP contribution is 2.16. The van der Waals surface area contributed by atoms with Gasteiger partial charge in [0.25, 0.3) is 0 Å². The summed E-state index contributed by atoms with van der Waals surface area (Å²) in [5.74, 6) is 1.01. The van der Waals surface area contributed by atoms with E-state index in [-0.39, 0.29) is 5.78 Å². The van der Waals surface area contributed by atoms with Crippen LogP contribution in [-0.4, -0.2) is 19.9 Å². The minimum atomic E-state index is 0.143. The molecule has 96 valence electrons. The van der Waals surface area contributed by atoms with E-state index >= 15 is 0 Å². The molecule has 2 heterocycles. The van der Waals surface area contributed by atoms with Gasteiger partial charge in [-0.2, -0.15) is 0 Å². The zero-order chi connectivity index (χ0) is 13.3. The first-order chi connectivity index (χ1) is 8.54. The molecule has 0 amide bonds. The second-order valence-corrected chi connectivity index (χ2v) is 4.55. The topological polar surface area (TPSA) is 39.8 Å². The number of Topliss-reactive ketones (excluding diaryl/α,β-unsaturated/α-hetero) is 1. The molecule has 2 rings (SSSR count). The molecule has 0 radical (unpaired) electrons. The molecule has 0 atom stereocenters. The van der Waals surface area contributed by atoms with Crippen LogP contribution in [0.1, 0.15) is 34.5 Å². The molecule has 2 aromatic heterocycles. The smallest absolute Gasteiger partial charge is 0.184 e. The van der Waals surface area contributed by atoms with Crippen molar-refractivity contribution in [3.63, 3.8) is 0 Å². The fraction of sp³-hybridized carbons (Fsp3) is 0.429. The van der Waals surface area contributed by atoms with Gasteiger partial charge in [0.2, 0.25) is 0 Å². The second kappa shape index (κ2) is 4.80. The number of nitrogens with zero attached hydrogens (tertiary/aromatic N) is 3. The van der Waals surface area contributed by atoms with Gasteiger partial charge in [-0.3, -0.25) is 4.79 Å². The van der Waals surface area contributed by atoms with Crippen LogP contribution in [0.15, 0.2) is 18.5 Å². The Hall–Kier alpha value is -1.84. The van der Waals surface area contributed by atoms with Crippen molar-refractivity contribution in [2.45, 2.75) is 40.8 Å². The van der Waals surface area contributed by atoms with E-state index in [1.807, 2.05) is 37.6 Å². The Morgan fingerprint density at radius 2 is 2.06 bits per heavy atom. The standard InChI is InChI=1S/C14H19N3O/c1-5-17-10(2)8-13(11(17)3)14(18)9-16-7-6-15-12(16)4/h6-8H,5,9H2,1-4H3. The van der Waals surface area contributed by atoms with Crippen LogP contribution in [0.3, 0.4) is 0 Å². The van der Waals surface area contributed by atoms with Crippen LogP contribution in [-0.2, 0) is 13.1 Å². The van der Waals surface area contributed by atoms with Crippen LogP contribution in [0.5, 0.6) is 0 Å². The van der Waals surface area contributed by atoms with Crippen molar-refractivity contribution in [2.24, 2.45) is 0 Å². The van der Waals surface area contributed by atoms with Gasteiger partial charge in [0, 0.05) is 35.9 Å². The largest absolute Gasteiger partial charge is 0.349 e. The highest BCUT2D eigenvalue weighted by molar-refractivity contribution is 5.97. The van der Waals surface area contributed by atoms with Gasteiger partial charge in [-0.1, -0.05) is 0 Å². The Labute approximate surface area is 107 Å². The molecule has 0 aromatic carbocycles. The molecule has 0 saturated heterocycles. The Balaban J connectivity index is 2.27. The molecule has 18 heavy (non-hydrogen) atoms. The molecule has 2 aromatic rings. The number of imidazole rings is 1. The van der Waals surface area contributed by atoms with Crippen LogP contribution in [0.2, 0.25) is 0 Å². The lowest BCUT2D eigenvalue weighted by atomic mass is 10.1. The van der Waals surface area contributed by atoms with E-state index in [0.29, 0.717) is 6.54 Å². The maximum Gasteiger partial charge on any atom is 0.184 e. The molecule has 0 N–H and O–H groups in total. The number of ketones is 1. The molecule has 0 spiro atoms. The van der Waals surface area contributed by atoms with Gasteiger partial charge in [0.15, 0.2) is 5.78 Å². The molecular weight excluding hydrogens is 226 g/mol. The quantitative estimate of drug-likeness (QED) is 0.776. The van der Waals surface area contributed by atoms with E-state index < -0.39 is 0 Å². The van der Waals surface area contributed by atoms with Crippen molar-refractivity contribution in [3.8, 4) is 0 Å². The molecule has 4 heteroatoms. The fourth-order valence-corrected chi connectivity index (χ4v) is 2.38. The number of hydrogen-bond acceptors (Lipinski definition) is 2. The third-order valence-corrected chi connectivity index (χ3v) is 3.43. The zero-order valence-electron chi connectivity index (χ0n) is 11.4. The summed E-state index contributed by atoms with van der Waals surface area (Å²) in [6.45, 7) is 9.30. The van der Waals surface area contributed by atoms with E-state index in [1.165, 1.54) is 0 Å². The van der Waals surface area contributed by atoms with Gasteiger partial charge < -0.3 is 9.13 Å². The van der Waals surface area contributed by atoms with Crippen molar-refractivity contribution in [1.82, 2.24) is 14.1 Å². The average molecular weight is 245 g/mol. The molecule has 0 saturated carbocycles. The average Bonchev–Trinajstić information content (AvgIpc) is 2.84. The first kappa shape index (κ1) is 12.6.